The van der Waals surface area contributed by atoms with Crippen molar-refractivity contribution in [2.24, 2.45) is 22.7 Å². The first-order chi connectivity index (χ1) is 11.1. The molecular formula is C19H39IN4. The van der Waals surface area contributed by atoms with Gasteiger partial charge in [0.25, 0.3) is 0 Å². The predicted molar refractivity (Wildman–Crippen MR) is 115 cm³/mol. The van der Waals surface area contributed by atoms with Gasteiger partial charge >= 0.3 is 0 Å². The highest BCUT2D eigenvalue weighted by Crippen LogP contribution is 2.29. The number of likely N-dealkylation sites (tertiary alicyclic amines) is 1. The summed E-state index contributed by atoms with van der Waals surface area (Å²) in [7, 11) is 2.23. The SMILES string of the molecule is CCNC(=NCC1CCCN(C)C1)NC1CCC(C(C)C)CC1.I. The van der Waals surface area contributed by atoms with E-state index in [1.54, 1.807) is 0 Å². The van der Waals surface area contributed by atoms with Crippen LogP contribution in [0.5, 0.6) is 0 Å². The Kier molecular flexibility index (Phi) is 10.6. The van der Waals surface area contributed by atoms with Crippen molar-refractivity contribution in [3.63, 3.8) is 0 Å². The Labute approximate surface area is 166 Å². The number of hydrogen-bond donors (Lipinski definition) is 2. The van der Waals surface area contributed by atoms with Crippen molar-refractivity contribution in [1.82, 2.24) is 15.5 Å². The van der Waals surface area contributed by atoms with E-state index < -0.39 is 0 Å². The molecule has 4 nitrogen and oxygen atoms in total. The molecule has 1 aliphatic carbocycles. The zero-order chi connectivity index (χ0) is 16.7. The van der Waals surface area contributed by atoms with Crippen LogP contribution in [0.3, 0.4) is 0 Å². The van der Waals surface area contributed by atoms with Gasteiger partial charge in [0.05, 0.1) is 0 Å². The van der Waals surface area contributed by atoms with E-state index in [0.717, 1.165) is 36.8 Å². The average molecular weight is 450 g/mol. The van der Waals surface area contributed by atoms with Gasteiger partial charge in [0.15, 0.2) is 5.96 Å². The molecule has 0 aromatic heterocycles. The van der Waals surface area contributed by atoms with E-state index in [1.807, 2.05) is 0 Å². The Hall–Kier alpha value is -0.0400. The van der Waals surface area contributed by atoms with Gasteiger partial charge in [-0.15, -0.1) is 24.0 Å². The average Bonchev–Trinajstić information content (AvgIpc) is 2.53. The van der Waals surface area contributed by atoms with Crippen molar-refractivity contribution in [2.75, 3.05) is 33.2 Å². The van der Waals surface area contributed by atoms with E-state index in [1.165, 1.54) is 51.6 Å². The highest BCUT2D eigenvalue weighted by Gasteiger charge is 2.24. The Balaban J connectivity index is 0.00000288. The molecule has 1 saturated heterocycles. The van der Waals surface area contributed by atoms with Crippen molar-refractivity contribution in [3.05, 3.63) is 0 Å². The molecule has 2 N–H and O–H groups in total. The van der Waals surface area contributed by atoms with Crippen LogP contribution in [0.1, 0.15) is 59.3 Å². The second-order valence-electron chi connectivity index (χ2n) is 7.99. The van der Waals surface area contributed by atoms with E-state index in [4.69, 9.17) is 4.99 Å². The van der Waals surface area contributed by atoms with Crippen LogP contribution in [0.15, 0.2) is 4.99 Å². The number of nitrogens with one attached hydrogen (secondary N) is 2. The molecule has 0 aromatic carbocycles. The summed E-state index contributed by atoms with van der Waals surface area (Å²) in [5, 5.41) is 7.13. The minimum atomic E-state index is 0. The lowest BCUT2D eigenvalue weighted by Crippen LogP contribution is -2.45. The first kappa shape index (κ1) is 22.0. The van der Waals surface area contributed by atoms with Crippen LogP contribution < -0.4 is 10.6 Å². The Morgan fingerprint density at radius 2 is 1.88 bits per heavy atom. The molecule has 1 saturated carbocycles. The Morgan fingerprint density at radius 1 is 1.17 bits per heavy atom. The third-order valence-electron chi connectivity index (χ3n) is 5.63. The van der Waals surface area contributed by atoms with Gasteiger partial charge in [0.1, 0.15) is 0 Å². The Bertz CT molecular complexity index is 364. The molecule has 2 fully saturated rings. The minimum Gasteiger partial charge on any atom is -0.357 e. The molecule has 1 heterocycles. The normalized spacial score (nSPS) is 29.2. The van der Waals surface area contributed by atoms with Crippen LogP contribution >= 0.6 is 24.0 Å². The molecule has 0 bridgehead atoms. The predicted octanol–water partition coefficient (Wildman–Crippen LogP) is 3.72. The monoisotopic (exact) mass is 450 g/mol. The summed E-state index contributed by atoms with van der Waals surface area (Å²) >= 11 is 0. The minimum absolute atomic E-state index is 0. The first-order valence-corrected chi connectivity index (χ1v) is 9.81. The summed E-state index contributed by atoms with van der Waals surface area (Å²) in [5.74, 6) is 3.51. The molecule has 0 radical (unpaired) electrons. The molecule has 1 unspecified atom stereocenters. The van der Waals surface area contributed by atoms with Crippen LogP contribution in [-0.2, 0) is 0 Å². The van der Waals surface area contributed by atoms with Gasteiger partial charge in [-0.3, -0.25) is 4.99 Å². The summed E-state index contributed by atoms with van der Waals surface area (Å²) in [6.07, 6.45) is 7.95. The summed E-state index contributed by atoms with van der Waals surface area (Å²) in [6.45, 7) is 11.2. The summed E-state index contributed by atoms with van der Waals surface area (Å²) < 4.78 is 0. The van der Waals surface area contributed by atoms with E-state index >= 15 is 0 Å². The number of guanidine groups is 1. The van der Waals surface area contributed by atoms with E-state index in [0.29, 0.717) is 6.04 Å². The van der Waals surface area contributed by atoms with Crippen LogP contribution in [-0.4, -0.2) is 50.1 Å². The highest BCUT2D eigenvalue weighted by atomic mass is 127. The third-order valence-corrected chi connectivity index (χ3v) is 5.63. The van der Waals surface area contributed by atoms with Crippen LogP contribution in [0.4, 0.5) is 0 Å². The molecule has 2 aliphatic rings. The molecular weight excluding hydrogens is 411 g/mol. The standard InChI is InChI=1S/C19H38N4.HI/c1-5-20-19(21-13-16-7-6-12-23(4)14-16)22-18-10-8-17(9-11-18)15(2)3;/h15-18H,5-14H2,1-4H3,(H2,20,21,22);1H. The lowest BCUT2D eigenvalue weighted by Gasteiger charge is -2.32. The smallest absolute Gasteiger partial charge is 0.191 e. The molecule has 1 atom stereocenters. The number of rotatable bonds is 5. The van der Waals surface area contributed by atoms with Crippen molar-refractivity contribution < 1.29 is 0 Å². The molecule has 0 aromatic rings. The van der Waals surface area contributed by atoms with Crippen LogP contribution in [0.25, 0.3) is 0 Å². The molecule has 142 valence electrons. The quantitative estimate of drug-likeness (QED) is 0.381. The van der Waals surface area contributed by atoms with Gasteiger partial charge in [-0.05, 0) is 76.8 Å². The van der Waals surface area contributed by atoms with Crippen molar-refractivity contribution >= 4 is 29.9 Å². The van der Waals surface area contributed by atoms with Gasteiger partial charge in [0.2, 0.25) is 0 Å². The fraction of sp³-hybridized carbons (Fsp3) is 0.947. The summed E-state index contributed by atoms with van der Waals surface area (Å²) in [4.78, 5) is 7.33. The summed E-state index contributed by atoms with van der Waals surface area (Å²) in [5.41, 5.74) is 0. The maximum Gasteiger partial charge on any atom is 0.191 e. The maximum absolute atomic E-state index is 4.89. The largest absolute Gasteiger partial charge is 0.357 e. The van der Waals surface area contributed by atoms with E-state index in [2.05, 4.69) is 43.4 Å². The van der Waals surface area contributed by atoms with Crippen molar-refractivity contribution in [3.8, 4) is 0 Å². The third kappa shape index (κ3) is 7.46. The van der Waals surface area contributed by atoms with Gasteiger partial charge < -0.3 is 15.5 Å². The van der Waals surface area contributed by atoms with Gasteiger partial charge in [-0.1, -0.05) is 13.8 Å². The zero-order valence-corrected chi connectivity index (χ0v) is 18.5. The zero-order valence-electron chi connectivity index (χ0n) is 16.2. The highest BCUT2D eigenvalue weighted by molar-refractivity contribution is 14.0. The van der Waals surface area contributed by atoms with E-state index in [9.17, 15) is 0 Å². The second-order valence-corrected chi connectivity index (χ2v) is 7.99. The molecule has 0 spiro atoms. The second kappa shape index (κ2) is 11.6. The topological polar surface area (TPSA) is 39.7 Å². The fourth-order valence-electron chi connectivity index (χ4n) is 4.09. The number of nitrogens with zero attached hydrogens (tertiary/aromatic N) is 2. The van der Waals surface area contributed by atoms with Crippen LogP contribution in [0.2, 0.25) is 0 Å². The van der Waals surface area contributed by atoms with Crippen molar-refractivity contribution in [1.29, 1.82) is 0 Å². The molecule has 5 heteroatoms. The van der Waals surface area contributed by atoms with E-state index in [-0.39, 0.29) is 24.0 Å². The molecule has 0 amide bonds. The first-order valence-electron chi connectivity index (χ1n) is 9.81. The number of piperidine rings is 1. The summed E-state index contributed by atoms with van der Waals surface area (Å²) in [6, 6.07) is 0.608. The van der Waals surface area contributed by atoms with Crippen molar-refractivity contribution in [2.45, 2.75) is 65.3 Å². The maximum atomic E-state index is 4.89. The lowest BCUT2D eigenvalue weighted by molar-refractivity contribution is 0.214. The lowest BCUT2D eigenvalue weighted by atomic mass is 9.80. The molecule has 1 aliphatic heterocycles. The Morgan fingerprint density at radius 3 is 2.46 bits per heavy atom. The van der Waals surface area contributed by atoms with Gasteiger partial charge in [0, 0.05) is 25.7 Å². The van der Waals surface area contributed by atoms with Crippen LogP contribution in [0, 0.1) is 17.8 Å². The number of hydrogen-bond acceptors (Lipinski definition) is 2. The number of halogens is 1. The molecule has 24 heavy (non-hydrogen) atoms. The number of aliphatic imine (C=N–C) groups is 1. The fourth-order valence-corrected chi connectivity index (χ4v) is 4.09. The van der Waals surface area contributed by atoms with Gasteiger partial charge in [-0.25, -0.2) is 0 Å². The van der Waals surface area contributed by atoms with Gasteiger partial charge in [-0.2, -0.15) is 0 Å². The molecule has 2 rings (SSSR count).